The van der Waals surface area contributed by atoms with Crippen LogP contribution in [-0.4, -0.2) is 32.9 Å². The number of rotatable bonds is 5. The SMILES string of the molecule is CC(CCO)CNc1nccn2nc(C(F)(F)F)cc12. The second kappa shape index (κ2) is 5.66. The average molecular weight is 288 g/mol. The van der Waals surface area contributed by atoms with Crippen LogP contribution >= 0.6 is 0 Å². The van der Waals surface area contributed by atoms with E-state index in [1.54, 1.807) is 0 Å². The predicted octanol–water partition coefficient (Wildman–Crippen LogP) is 2.18. The molecule has 0 bridgehead atoms. The van der Waals surface area contributed by atoms with Crippen LogP contribution in [-0.2, 0) is 6.18 Å². The minimum atomic E-state index is -4.48. The number of aromatic nitrogens is 3. The van der Waals surface area contributed by atoms with Crippen LogP contribution in [0.5, 0.6) is 0 Å². The zero-order chi connectivity index (χ0) is 14.8. The van der Waals surface area contributed by atoms with Gasteiger partial charge in [0.05, 0.1) is 0 Å². The molecule has 0 aliphatic rings. The summed E-state index contributed by atoms with van der Waals surface area (Å²) in [6.45, 7) is 2.52. The molecule has 0 amide bonds. The van der Waals surface area contributed by atoms with Gasteiger partial charge in [0.25, 0.3) is 0 Å². The molecular weight excluding hydrogens is 273 g/mol. The van der Waals surface area contributed by atoms with E-state index in [0.717, 1.165) is 10.6 Å². The second-order valence-corrected chi connectivity index (χ2v) is 4.63. The third-order valence-corrected chi connectivity index (χ3v) is 2.92. The third-order valence-electron chi connectivity index (χ3n) is 2.92. The number of alkyl halides is 3. The van der Waals surface area contributed by atoms with Crippen LogP contribution in [0, 0.1) is 5.92 Å². The fourth-order valence-electron chi connectivity index (χ4n) is 1.79. The number of anilines is 1. The fourth-order valence-corrected chi connectivity index (χ4v) is 1.79. The number of nitrogens with one attached hydrogen (secondary N) is 1. The predicted molar refractivity (Wildman–Crippen MR) is 67.3 cm³/mol. The van der Waals surface area contributed by atoms with Crippen molar-refractivity contribution in [1.82, 2.24) is 14.6 Å². The van der Waals surface area contributed by atoms with Gasteiger partial charge in [0.15, 0.2) is 11.5 Å². The normalized spacial score (nSPS) is 13.7. The maximum atomic E-state index is 12.6. The van der Waals surface area contributed by atoms with E-state index in [2.05, 4.69) is 15.4 Å². The molecule has 0 spiro atoms. The highest BCUT2D eigenvalue weighted by molar-refractivity contribution is 5.67. The van der Waals surface area contributed by atoms with E-state index in [4.69, 9.17) is 5.11 Å². The molecule has 0 fully saturated rings. The summed E-state index contributed by atoms with van der Waals surface area (Å²) in [5.74, 6) is 0.535. The van der Waals surface area contributed by atoms with Crippen molar-refractivity contribution >= 4 is 11.3 Å². The summed E-state index contributed by atoms with van der Waals surface area (Å²) in [6.07, 6.45) is -1.11. The van der Waals surface area contributed by atoms with E-state index in [1.807, 2.05) is 6.92 Å². The molecule has 0 radical (unpaired) electrons. The molecule has 0 aliphatic carbocycles. The number of fused-ring (bicyclic) bond motifs is 1. The zero-order valence-electron chi connectivity index (χ0n) is 10.9. The van der Waals surface area contributed by atoms with E-state index in [-0.39, 0.29) is 18.0 Å². The van der Waals surface area contributed by atoms with E-state index >= 15 is 0 Å². The van der Waals surface area contributed by atoms with Gasteiger partial charge < -0.3 is 10.4 Å². The molecule has 0 aromatic carbocycles. The van der Waals surface area contributed by atoms with Crippen molar-refractivity contribution in [2.75, 3.05) is 18.5 Å². The molecule has 0 saturated heterocycles. The summed E-state index contributed by atoms with van der Waals surface area (Å²) >= 11 is 0. The van der Waals surface area contributed by atoms with Crippen LogP contribution in [0.25, 0.3) is 5.52 Å². The van der Waals surface area contributed by atoms with E-state index < -0.39 is 11.9 Å². The summed E-state index contributed by atoms with van der Waals surface area (Å²) in [5.41, 5.74) is -0.673. The molecule has 2 aromatic rings. The molecule has 5 nitrogen and oxygen atoms in total. The van der Waals surface area contributed by atoms with Gasteiger partial charge in [0, 0.05) is 31.6 Å². The Hall–Kier alpha value is -1.83. The minimum absolute atomic E-state index is 0.0748. The molecule has 2 aromatic heterocycles. The lowest BCUT2D eigenvalue weighted by Crippen LogP contribution is -2.14. The molecule has 0 aliphatic heterocycles. The van der Waals surface area contributed by atoms with Crippen molar-refractivity contribution in [3.8, 4) is 0 Å². The van der Waals surface area contributed by atoms with Crippen LogP contribution in [0.3, 0.4) is 0 Å². The molecule has 1 atom stereocenters. The number of halogens is 3. The van der Waals surface area contributed by atoms with Crippen molar-refractivity contribution in [3.63, 3.8) is 0 Å². The smallest absolute Gasteiger partial charge is 0.396 e. The maximum Gasteiger partial charge on any atom is 0.435 e. The summed E-state index contributed by atoms with van der Waals surface area (Å²) in [5, 5.41) is 15.3. The molecule has 2 rings (SSSR count). The van der Waals surface area contributed by atoms with Gasteiger partial charge in [-0.1, -0.05) is 6.92 Å². The molecule has 8 heteroatoms. The monoisotopic (exact) mass is 288 g/mol. The number of nitrogens with zero attached hydrogens (tertiary/aromatic N) is 3. The first-order valence-corrected chi connectivity index (χ1v) is 6.18. The van der Waals surface area contributed by atoms with Crippen molar-refractivity contribution in [2.45, 2.75) is 19.5 Å². The Morgan fingerprint density at radius 3 is 2.85 bits per heavy atom. The van der Waals surface area contributed by atoms with E-state index in [0.29, 0.717) is 18.8 Å². The van der Waals surface area contributed by atoms with E-state index in [1.165, 1.54) is 12.4 Å². The Kier molecular flexibility index (Phi) is 4.12. The molecule has 110 valence electrons. The van der Waals surface area contributed by atoms with Crippen molar-refractivity contribution in [2.24, 2.45) is 5.92 Å². The molecule has 20 heavy (non-hydrogen) atoms. The van der Waals surface area contributed by atoms with Gasteiger partial charge in [-0.3, -0.25) is 0 Å². The van der Waals surface area contributed by atoms with Crippen molar-refractivity contribution in [1.29, 1.82) is 0 Å². The van der Waals surface area contributed by atoms with Gasteiger partial charge in [-0.15, -0.1) is 0 Å². The van der Waals surface area contributed by atoms with Gasteiger partial charge in [0.1, 0.15) is 5.52 Å². The minimum Gasteiger partial charge on any atom is -0.396 e. The van der Waals surface area contributed by atoms with Gasteiger partial charge in [-0.25, -0.2) is 9.50 Å². The number of aliphatic hydroxyl groups is 1. The quantitative estimate of drug-likeness (QED) is 0.885. The van der Waals surface area contributed by atoms with Gasteiger partial charge in [0.2, 0.25) is 0 Å². The molecule has 2 N–H and O–H groups in total. The summed E-state index contributed by atoms with van der Waals surface area (Å²) in [4.78, 5) is 4.03. The zero-order valence-corrected chi connectivity index (χ0v) is 10.9. The molecule has 2 heterocycles. The highest BCUT2D eigenvalue weighted by Crippen LogP contribution is 2.30. The van der Waals surface area contributed by atoms with Crippen LogP contribution in [0.2, 0.25) is 0 Å². The highest BCUT2D eigenvalue weighted by atomic mass is 19.4. The van der Waals surface area contributed by atoms with Gasteiger partial charge in [-0.2, -0.15) is 18.3 Å². The van der Waals surface area contributed by atoms with Crippen LogP contribution < -0.4 is 5.32 Å². The number of hydrogen-bond acceptors (Lipinski definition) is 4. The molecular formula is C12H15F3N4O. The Balaban J connectivity index is 2.23. The Morgan fingerprint density at radius 2 is 2.20 bits per heavy atom. The molecule has 0 saturated carbocycles. The van der Waals surface area contributed by atoms with Crippen molar-refractivity contribution < 1.29 is 18.3 Å². The first-order chi connectivity index (χ1) is 9.41. The molecule has 1 unspecified atom stereocenters. The second-order valence-electron chi connectivity index (χ2n) is 4.63. The van der Waals surface area contributed by atoms with Crippen LogP contribution in [0.15, 0.2) is 18.5 Å². The number of aliphatic hydroxyl groups excluding tert-OH is 1. The highest BCUT2D eigenvalue weighted by Gasteiger charge is 2.34. The van der Waals surface area contributed by atoms with E-state index in [9.17, 15) is 13.2 Å². The summed E-state index contributed by atoms with van der Waals surface area (Å²) < 4.78 is 39.0. The topological polar surface area (TPSA) is 62.5 Å². The first-order valence-electron chi connectivity index (χ1n) is 6.18. The lowest BCUT2D eigenvalue weighted by atomic mass is 10.1. The first kappa shape index (κ1) is 14.6. The van der Waals surface area contributed by atoms with Crippen LogP contribution in [0.4, 0.5) is 19.0 Å². The summed E-state index contributed by atoms with van der Waals surface area (Å²) in [7, 11) is 0. The maximum absolute atomic E-state index is 12.6. The number of hydrogen-bond donors (Lipinski definition) is 2. The Bertz CT molecular complexity index is 582. The summed E-state index contributed by atoms with van der Waals surface area (Å²) in [6, 6.07) is 0.964. The largest absolute Gasteiger partial charge is 0.435 e. The van der Waals surface area contributed by atoms with Gasteiger partial charge in [-0.05, 0) is 12.3 Å². The van der Waals surface area contributed by atoms with Gasteiger partial charge >= 0.3 is 6.18 Å². The third kappa shape index (κ3) is 3.19. The Labute approximate surface area is 113 Å². The fraction of sp³-hybridized carbons (Fsp3) is 0.500. The Morgan fingerprint density at radius 1 is 1.45 bits per heavy atom. The lowest BCUT2D eigenvalue weighted by Gasteiger charge is -2.12. The van der Waals surface area contributed by atoms with Crippen LogP contribution in [0.1, 0.15) is 19.0 Å². The van der Waals surface area contributed by atoms with Crippen molar-refractivity contribution in [3.05, 3.63) is 24.2 Å². The standard InChI is InChI=1S/C12H15F3N4O/c1-8(2-5-20)7-17-11-9-6-10(12(13,14)15)18-19(9)4-3-16-11/h3-4,6,8,20H,2,5,7H2,1H3,(H,16,17). The lowest BCUT2D eigenvalue weighted by molar-refractivity contribution is -0.141. The average Bonchev–Trinajstić information content (AvgIpc) is 2.81.